The molecular weight excluding hydrogens is 460 g/mol. The van der Waals surface area contributed by atoms with Crippen LogP contribution in [0.2, 0.25) is 0 Å². The summed E-state index contributed by atoms with van der Waals surface area (Å²) < 4.78 is 5.55. The number of carboxylic acid groups (broad SMARTS) is 1. The topological polar surface area (TPSA) is 142 Å². The third-order valence-corrected chi connectivity index (χ3v) is 8.92. The second-order valence-corrected chi connectivity index (χ2v) is 11.2. The zero-order valence-corrected chi connectivity index (χ0v) is 20.7. The minimum absolute atomic E-state index is 0.0221. The lowest BCUT2D eigenvalue weighted by atomic mass is 9.73. The van der Waals surface area contributed by atoms with E-state index in [1.54, 1.807) is 4.90 Å². The molecule has 0 aromatic rings. The summed E-state index contributed by atoms with van der Waals surface area (Å²) in [4.78, 5) is 53.6. The van der Waals surface area contributed by atoms with Gasteiger partial charge in [-0.2, -0.15) is 0 Å². The van der Waals surface area contributed by atoms with E-state index in [9.17, 15) is 24.3 Å². The fourth-order valence-corrected chi connectivity index (χ4v) is 7.27. The number of nitrogens with zero attached hydrogens (tertiary/aromatic N) is 2. The van der Waals surface area contributed by atoms with E-state index in [2.05, 4.69) is 5.32 Å². The average molecular weight is 495 g/mol. The van der Waals surface area contributed by atoms with Crippen molar-refractivity contribution in [3.8, 4) is 0 Å². The van der Waals surface area contributed by atoms with Crippen molar-refractivity contribution in [3.05, 3.63) is 10.6 Å². The zero-order chi connectivity index (χ0) is 24.7. The molecule has 4 heterocycles. The van der Waals surface area contributed by atoms with Crippen LogP contribution in [0.5, 0.6) is 0 Å². The Morgan fingerprint density at radius 3 is 2.74 bits per heavy atom. The first kappa shape index (κ1) is 25.2. The molecule has 11 heteroatoms. The number of ketones is 1. The van der Waals surface area contributed by atoms with Crippen molar-refractivity contribution < 1.29 is 29.0 Å². The number of hydrogen-bond acceptors (Lipinski definition) is 8. The molecule has 10 nitrogen and oxygen atoms in total. The van der Waals surface area contributed by atoms with Gasteiger partial charge in [-0.25, -0.2) is 4.79 Å². The van der Waals surface area contributed by atoms with E-state index in [1.165, 1.54) is 23.6 Å². The van der Waals surface area contributed by atoms with E-state index in [0.717, 1.165) is 0 Å². The number of thioether (sulfide) groups is 1. The van der Waals surface area contributed by atoms with Crippen LogP contribution < -0.4 is 11.1 Å². The van der Waals surface area contributed by atoms with Crippen molar-refractivity contribution >= 4 is 35.3 Å². The largest absolute Gasteiger partial charge is 0.477 e. The molecule has 4 aliphatic rings. The molecule has 0 aromatic heterocycles. The maximum absolute atomic E-state index is 13.0. The Morgan fingerprint density at radius 1 is 1.35 bits per heavy atom. The molecule has 2 amide bonds. The van der Waals surface area contributed by atoms with Crippen molar-refractivity contribution in [1.82, 2.24) is 15.1 Å². The smallest absolute Gasteiger partial charge is 0.353 e. The number of Topliss-reactive ketones (excluding diaryl/α,β-unsaturated/α-hetero) is 1. The summed E-state index contributed by atoms with van der Waals surface area (Å²) in [6.45, 7) is 7.79. The van der Waals surface area contributed by atoms with Crippen LogP contribution in [0, 0.1) is 17.8 Å². The summed E-state index contributed by atoms with van der Waals surface area (Å²) in [6, 6.07) is -0.564. The fourth-order valence-electron chi connectivity index (χ4n) is 5.79. The average Bonchev–Trinajstić information content (AvgIpc) is 3.35. The van der Waals surface area contributed by atoms with Gasteiger partial charge >= 0.3 is 5.97 Å². The molecule has 0 bridgehead atoms. The molecule has 3 fully saturated rings. The maximum Gasteiger partial charge on any atom is 0.353 e. The first-order valence-electron chi connectivity index (χ1n) is 11.9. The Bertz CT molecular complexity index is 910. The highest BCUT2D eigenvalue weighted by atomic mass is 32.2. The molecule has 7 atom stereocenters. The molecule has 34 heavy (non-hydrogen) atoms. The lowest BCUT2D eigenvalue weighted by Crippen LogP contribution is -2.62. The van der Waals surface area contributed by atoms with E-state index in [4.69, 9.17) is 10.5 Å². The SMILES string of the molecule is CC(=O)C[C@H](C)[C@H]1C(=O)N2C(C(=O)O)=C(S[C@@H]3CN[C@H](C(=O)N4CCO[C@H](CN)C4)C3)[C@H](C)[C@H]12. The third-order valence-electron chi connectivity index (χ3n) is 7.41. The van der Waals surface area contributed by atoms with Crippen molar-refractivity contribution in [2.45, 2.75) is 57.1 Å². The highest BCUT2D eigenvalue weighted by Gasteiger charge is 2.60. The lowest BCUT2D eigenvalue weighted by Gasteiger charge is -2.47. The molecule has 0 aliphatic carbocycles. The monoisotopic (exact) mass is 494 g/mol. The Kier molecular flexibility index (Phi) is 7.37. The number of carbonyl (C=O) groups excluding carboxylic acids is 3. The number of amides is 2. The number of nitrogens with one attached hydrogen (secondary N) is 1. The van der Waals surface area contributed by atoms with E-state index < -0.39 is 5.97 Å². The summed E-state index contributed by atoms with van der Waals surface area (Å²) >= 11 is 1.47. The predicted octanol–water partition coefficient (Wildman–Crippen LogP) is 0.0243. The van der Waals surface area contributed by atoms with Gasteiger partial charge in [-0.15, -0.1) is 11.8 Å². The summed E-state index contributed by atoms with van der Waals surface area (Å²) in [5, 5.41) is 13.2. The first-order chi connectivity index (χ1) is 16.1. The number of rotatable bonds is 8. The van der Waals surface area contributed by atoms with Crippen LogP contribution in [-0.2, 0) is 23.9 Å². The van der Waals surface area contributed by atoms with Crippen LogP contribution in [0.25, 0.3) is 0 Å². The van der Waals surface area contributed by atoms with Gasteiger partial charge in [0.15, 0.2) is 0 Å². The van der Waals surface area contributed by atoms with E-state index >= 15 is 0 Å². The van der Waals surface area contributed by atoms with Crippen molar-refractivity contribution in [2.75, 3.05) is 32.8 Å². The van der Waals surface area contributed by atoms with Gasteiger partial charge in [-0.3, -0.25) is 9.59 Å². The van der Waals surface area contributed by atoms with Crippen LogP contribution in [0.15, 0.2) is 10.6 Å². The summed E-state index contributed by atoms with van der Waals surface area (Å²) in [7, 11) is 0. The Labute approximate surface area is 203 Å². The van der Waals surface area contributed by atoms with Crippen molar-refractivity contribution in [1.29, 1.82) is 0 Å². The molecule has 0 spiro atoms. The maximum atomic E-state index is 13.0. The highest BCUT2D eigenvalue weighted by Crippen LogP contribution is 2.53. The first-order valence-corrected chi connectivity index (χ1v) is 12.8. The number of carboxylic acids is 1. The Balaban J connectivity index is 1.43. The summed E-state index contributed by atoms with van der Waals surface area (Å²) in [6.07, 6.45) is 0.744. The lowest BCUT2D eigenvalue weighted by molar-refractivity contribution is -0.160. The predicted molar refractivity (Wildman–Crippen MR) is 126 cm³/mol. The molecule has 0 radical (unpaired) electrons. The molecule has 4 N–H and O–H groups in total. The molecule has 0 unspecified atom stereocenters. The quantitative estimate of drug-likeness (QED) is 0.398. The van der Waals surface area contributed by atoms with Crippen LogP contribution in [0.1, 0.15) is 33.6 Å². The van der Waals surface area contributed by atoms with Gasteiger partial charge < -0.3 is 35.5 Å². The molecule has 188 valence electrons. The van der Waals surface area contributed by atoms with Crippen LogP contribution in [-0.4, -0.2) is 94.7 Å². The molecule has 3 saturated heterocycles. The van der Waals surface area contributed by atoms with Crippen LogP contribution in [0.4, 0.5) is 0 Å². The third kappa shape index (κ3) is 4.50. The number of hydrogen-bond donors (Lipinski definition) is 3. The molecule has 0 aromatic carbocycles. The summed E-state index contributed by atoms with van der Waals surface area (Å²) in [5.41, 5.74) is 5.76. The van der Waals surface area contributed by atoms with E-state index in [0.29, 0.717) is 50.5 Å². The molecule has 4 aliphatic heterocycles. The second-order valence-electron chi connectivity index (χ2n) is 9.86. The normalized spacial score (nSPS) is 34.2. The van der Waals surface area contributed by atoms with Crippen molar-refractivity contribution in [3.63, 3.8) is 0 Å². The number of β-lactam (4-membered cyclic amide) rings is 1. The number of carbonyl (C=O) groups is 4. The number of aliphatic carboxylic acids is 1. The minimum atomic E-state index is -1.11. The van der Waals surface area contributed by atoms with Gasteiger partial charge in [0.1, 0.15) is 11.5 Å². The van der Waals surface area contributed by atoms with E-state index in [1.807, 2.05) is 13.8 Å². The number of fused-ring (bicyclic) bond motifs is 1. The van der Waals surface area contributed by atoms with Crippen molar-refractivity contribution in [2.24, 2.45) is 23.5 Å². The Hall–Kier alpha value is -1.95. The fraction of sp³-hybridized carbons (Fsp3) is 0.739. The van der Waals surface area contributed by atoms with Gasteiger partial charge in [-0.1, -0.05) is 13.8 Å². The molecule has 4 rings (SSSR count). The van der Waals surface area contributed by atoms with Gasteiger partial charge in [-0.05, 0) is 19.3 Å². The van der Waals surface area contributed by atoms with E-state index in [-0.39, 0.29) is 64.5 Å². The van der Waals surface area contributed by atoms with Gasteiger partial charge in [0, 0.05) is 48.7 Å². The number of nitrogens with two attached hydrogens (primary N) is 1. The number of morpholine rings is 1. The minimum Gasteiger partial charge on any atom is -0.477 e. The van der Waals surface area contributed by atoms with Gasteiger partial charge in [0.25, 0.3) is 0 Å². The van der Waals surface area contributed by atoms with Gasteiger partial charge in [0.2, 0.25) is 11.8 Å². The highest BCUT2D eigenvalue weighted by molar-refractivity contribution is 8.03. The molecule has 0 saturated carbocycles. The zero-order valence-electron chi connectivity index (χ0n) is 19.9. The second kappa shape index (κ2) is 9.96. The Morgan fingerprint density at radius 2 is 2.09 bits per heavy atom. The van der Waals surface area contributed by atoms with Crippen LogP contribution >= 0.6 is 11.8 Å². The standard InChI is InChI=1S/C23H34N4O6S/c1-11(6-12(2)28)17-18-13(3)20(19(23(31)32)27(18)22(17)30)34-15-7-16(25-9-15)21(29)26-4-5-33-14(8-24)10-26/h11,13-18,25H,4-10,24H2,1-3H3,(H,31,32)/t11-,13+,14+,15-,16-,17+,18+/m0/s1. The number of ether oxygens (including phenoxy) is 1. The van der Waals surface area contributed by atoms with Gasteiger partial charge in [0.05, 0.1) is 30.7 Å². The summed E-state index contributed by atoms with van der Waals surface area (Å²) in [5.74, 6) is -1.88. The van der Waals surface area contributed by atoms with Crippen LogP contribution in [0.3, 0.4) is 0 Å². The molecular formula is C23H34N4O6S.